The standard InChI is InChI=1S/C20H23N3O/c1-3-17-15(2)20(16-9-4-5-10-18(16)23-17)22-13-8-14-24-19-11-6-7-12-21-19/h4-7,9-12H,3,8,13-14H2,1-2H3,(H,22,23). The van der Waals surface area contributed by atoms with Crippen LogP contribution in [0.25, 0.3) is 10.9 Å². The van der Waals surface area contributed by atoms with Crippen molar-refractivity contribution in [3.05, 3.63) is 59.9 Å². The summed E-state index contributed by atoms with van der Waals surface area (Å²) in [5.74, 6) is 0.677. The van der Waals surface area contributed by atoms with E-state index >= 15 is 0 Å². The lowest BCUT2D eigenvalue weighted by atomic mass is 10.1. The van der Waals surface area contributed by atoms with Crippen molar-refractivity contribution in [2.24, 2.45) is 0 Å². The first-order chi connectivity index (χ1) is 11.8. The van der Waals surface area contributed by atoms with Crippen LogP contribution in [0.4, 0.5) is 5.69 Å². The highest BCUT2D eigenvalue weighted by molar-refractivity contribution is 5.93. The van der Waals surface area contributed by atoms with E-state index in [2.05, 4.69) is 42.3 Å². The molecule has 24 heavy (non-hydrogen) atoms. The predicted octanol–water partition coefficient (Wildman–Crippen LogP) is 4.38. The molecule has 0 unspecified atom stereocenters. The molecule has 0 bridgehead atoms. The lowest BCUT2D eigenvalue weighted by molar-refractivity contribution is 0.303. The molecule has 124 valence electrons. The summed E-state index contributed by atoms with van der Waals surface area (Å²) in [6.45, 7) is 5.79. The van der Waals surface area contributed by atoms with Crippen molar-refractivity contribution in [3.8, 4) is 5.88 Å². The molecule has 0 aliphatic carbocycles. The van der Waals surface area contributed by atoms with Crippen LogP contribution >= 0.6 is 0 Å². The van der Waals surface area contributed by atoms with Crippen LogP contribution in [0.1, 0.15) is 24.6 Å². The zero-order valence-corrected chi connectivity index (χ0v) is 14.2. The molecule has 1 aromatic carbocycles. The largest absolute Gasteiger partial charge is 0.478 e. The lowest BCUT2D eigenvalue weighted by Gasteiger charge is -2.15. The first-order valence-electron chi connectivity index (χ1n) is 8.45. The lowest BCUT2D eigenvalue weighted by Crippen LogP contribution is -2.10. The maximum absolute atomic E-state index is 5.64. The van der Waals surface area contributed by atoms with Gasteiger partial charge in [0.25, 0.3) is 0 Å². The van der Waals surface area contributed by atoms with Gasteiger partial charge in [0.2, 0.25) is 5.88 Å². The normalized spacial score (nSPS) is 10.8. The van der Waals surface area contributed by atoms with Crippen LogP contribution in [0.15, 0.2) is 48.7 Å². The average molecular weight is 321 g/mol. The van der Waals surface area contributed by atoms with Gasteiger partial charge in [0.05, 0.1) is 12.1 Å². The van der Waals surface area contributed by atoms with Gasteiger partial charge in [-0.1, -0.05) is 31.2 Å². The van der Waals surface area contributed by atoms with Gasteiger partial charge < -0.3 is 10.1 Å². The van der Waals surface area contributed by atoms with E-state index in [1.165, 1.54) is 16.6 Å². The molecular formula is C20H23N3O. The van der Waals surface area contributed by atoms with E-state index in [1.54, 1.807) is 6.20 Å². The number of rotatable bonds is 7. The van der Waals surface area contributed by atoms with Crippen molar-refractivity contribution in [1.82, 2.24) is 9.97 Å². The van der Waals surface area contributed by atoms with Crippen LogP contribution in [-0.4, -0.2) is 23.1 Å². The summed E-state index contributed by atoms with van der Waals surface area (Å²) < 4.78 is 5.64. The Hall–Kier alpha value is -2.62. The minimum Gasteiger partial charge on any atom is -0.478 e. The number of ether oxygens (including phenoxy) is 1. The smallest absolute Gasteiger partial charge is 0.213 e. The summed E-state index contributed by atoms with van der Waals surface area (Å²) in [5, 5.41) is 4.76. The minimum atomic E-state index is 0.646. The molecule has 0 saturated carbocycles. The molecule has 2 heterocycles. The zero-order chi connectivity index (χ0) is 16.8. The number of nitrogens with one attached hydrogen (secondary N) is 1. The van der Waals surface area contributed by atoms with Crippen LogP contribution in [-0.2, 0) is 6.42 Å². The molecule has 3 aromatic rings. The Balaban J connectivity index is 1.65. The number of anilines is 1. The molecule has 3 rings (SSSR count). The van der Waals surface area contributed by atoms with E-state index in [0.717, 1.165) is 30.6 Å². The van der Waals surface area contributed by atoms with Crippen molar-refractivity contribution in [1.29, 1.82) is 0 Å². The summed E-state index contributed by atoms with van der Waals surface area (Å²) in [6, 6.07) is 14.0. The second-order valence-electron chi connectivity index (χ2n) is 5.73. The Labute approximate surface area is 142 Å². The highest BCUT2D eigenvalue weighted by Crippen LogP contribution is 2.28. The van der Waals surface area contributed by atoms with Crippen molar-refractivity contribution >= 4 is 16.6 Å². The minimum absolute atomic E-state index is 0.646. The maximum atomic E-state index is 5.64. The first kappa shape index (κ1) is 16.2. The van der Waals surface area contributed by atoms with Crippen molar-refractivity contribution in [2.45, 2.75) is 26.7 Å². The maximum Gasteiger partial charge on any atom is 0.213 e. The summed E-state index contributed by atoms with van der Waals surface area (Å²) in [4.78, 5) is 8.93. The van der Waals surface area contributed by atoms with E-state index in [9.17, 15) is 0 Å². The molecule has 1 N–H and O–H groups in total. The molecule has 0 fully saturated rings. The highest BCUT2D eigenvalue weighted by Gasteiger charge is 2.10. The van der Waals surface area contributed by atoms with Crippen LogP contribution in [0.3, 0.4) is 0 Å². The van der Waals surface area contributed by atoms with Gasteiger partial charge in [0.15, 0.2) is 0 Å². The van der Waals surface area contributed by atoms with Gasteiger partial charge in [-0.15, -0.1) is 0 Å². The van der Waals surface area contributed by atoms with E-state index in [-0.39, 0.29) is 0 Å². The zero-order valence-electron chi connectivity index (χ0n) is 14.2. The van der Waals surface area contributed by atoms with E-state index < -0.39 is 0 Å². The fraction of sp³-hybridized carbons (Fsp3) is 0.300. The third-order valence-electron chi connectivity index (χ3n) is 4.08. The molecule has 0 spiro atoms. The van der Waals surface area contributed by atoms with E-state index in [0.29, 0.717) is 12.5 Å². The van der Waals surface area contributed by atoms with Crippen LogP contribution in [0.2, 0.25) is 0 Å². The van der Waals surface area contributed by atoms with Gasteiger partial charge >= 0.3 is 0 Å². The molecular weight excluding hydrogens is 298 g/mol. The van der Waals surface area contributed by atoms with Crippen molar-refractivity contribution in [2.75, 3.05) is 18.5 Å². The third-order valence-corrected chi connectivity index (χ3v) is 4.08. The van der Waals surface area contributed by atoms with Crippen molar-refractivity contribution in [3.63, 3.8) is 0 Å². The molecule has 4 nitrogen and oxygen atoms in total. The van der Waals surface area contributed by atoms with Crippen molar-refractivity contribution < 1.29 is 4.74 Å². The molecule has 2 aromatic heterocycles. The van der Waals surface area contributed by atoms with Gasteiger partial charge in [-0.3, -0.25) is 4.98 Å². The fourth-order valence-corrected chi connectivity index (χ4v) is 2.82. The molecule has 0 amide bonds. The number of pyridine rings is 2. The highest BCUT2D eigenvalue weighted by atomic mass is 16.5. The summed E-state index contributed by atoms with van der Waals surface area (Å²) in [7, 11) is 0. The number of hydrogen-bond donors (Lipinski definition) is 1. The second kappa shape index (κ2) is 7.77. The molecule has 4 heteroatoms. The Kier molecular flexibility index (Phi) is 5.26. The quantitative estimate of drug-likeness (QED) is 0.656. The Morgan fingerprint density at radius 1 is 1.08 bits per heavy atom. The third kappa shape index (κ3) is 3.65. The van der Waals surface area contributed by atoms with Gasteiger partial charge in [0, 0.05) is 35.6 Å². The van der Waals surface area contributed by atoms with Crippen LogP contribution in [0, 0.1) is 6.92 Å². The first-order valence-corrected chi connectivity index (χ1v) is 8.45. The number of para-hydroxylation sites is 1. The van der Waals surface area contributed by atoms with E-state index in [1.807, 2.05) is 24.3 Å². The number of hydrogen-bond acceptors (Lipinski definition) is 4. The van der Waals surface area contributed by atoms with Gasteiger partial charge in [0.1, 0.15) is 0 Å². The number of nitrogens with zero attached hydrogens (tertiary/aromatic N) is 2. The molecule has 0 saturated heterocycles. The molecule has 0 radical (unpaired) electrons. The van der Waals surface area contributed by atoms with Gasteiger partial charge in [-0.05, 0) is 37.5 Å². The molecule has 0 aliphatic rings. The Bertz CT molecular complexity index is 803. The number of fused-ring (bicyclic) bond motifs is 1. The number of aryl methyl sites for hydroxylation is 1. The monoisotopic (exact) mass is 321 g/mol. The Morgan fingerprint density at radius 2 is 1.92 bits per heavy atom. The molecule has 0 aliphatic heterocycles. The van der Waals surface area contributed by atoms with Gasteiger partial charge in [-0.2, -0.15) is 0 Å². The Morgan fingerprint density at radius 3 is 2.71 bits per heavy atom. The van der Waals surface area contributed by atoms with Gasteiger partial charge in [-0.25, -0.2) is 4.98 Å². The summed E-state index contributed by atoms with van der Waals surface area (Å²) in [6.07, 6.45) is 3.59. The second-order valence-corrected chi connectivity index (χ2v) is 5.73. The fourth-order valence-electron chi connectivity index (χ4n) is 2.82. The number of benzene rings is 1. The van der Waals surface area contributed by atoms with E-state index in [4.69, 9.17) is 9.72 Å². The summed E-state index contributed by atoms with van der Waals surface area (Å²) in [5.41, 5.74) is 4.63. The number of aromatic nitrogens is 2. The summed E-state index contributed by atoms with van der Waals surface area (Å²) >= 11 is 0. The van der Waals surface area contributed by atoms with Crippen LogP contribution < -0.4 is 10.1 Å². The predicted molar refractivity (Wildman–Crippen MR) is 98.7 cm³/mol. The average Bonchev–Trinajstić information content (AvgIpc) is 2.63. The van der Waals surface area contributed by atoms with Crippen LogP contribution in [0.5, 0.6) is 5.88 Å². The SMILES string of the molecule is CCc1nc2ccccc2c(NCCCOc2ccccn2)c1C. The topological polar surface area (TPSA) is 47.0 Å². The molecule has 0 atom stereocenters.